The number of amides is 2. The van der Waals surface area contributed by atoms with E-state index in [9.17, 15) is 9.59 Å². The lowest BCUT2D eigenvalue weighted by Gasteiger charge is -2.31. The number of ether oxygens (including phenoxy) is 1. The van der Waals surface area contributed by atoms with Crippen molar-refractivity contribution < 1.29 is 14.3 Å². The highest BCUT2D eigenvalue weighted by Crippen LogP contribution is 2.27. The summed E-state index contributed by atoms with van der Waals surface area (Å²) in [6.45, 7) is 9.45. The van der Waals surface area contributed by atoms with E-state index in [2.05, 4.69) is 24.1 Å². The molecule has 0 radical (unpaired) electrons. The SMILES string of the molecule is COCc1ccccc1CNC(=O)c1ccc2c(c1)CN(C(C)C)CCCCCCCN2C(C)=O. The third-order valence-corrected chi connectivity index (χ3v) is 6.80. The molecule has 1 N–H and O–H groups in total. The summed E-state index contributed by atoms with van der Waals surface area (Å²) in [6.07, 6.45) is 5.72. The van der Waals surface area contributed by atoms with Crippen LogP contribution < -0.4 is 10.2 Å². The molecular formula is C29H41N3O3. The first-order valence-electron chi connectivity index (χ1n) is 12.9. The third-order valence-electron chi connectivity index (χ3n) is 6.80. The lowest BCUT2D eigenvalue weighted by molar-refractivity contribution is -0.116. The number of carbonyl (C=O) groups excluding carboxylic acids is 2. The van der Waals surface area contributed by atoms with Gasteiger partial charge in [-0.2, -0.15) is 0 Å². The summed E-state index contributed by atoms with van der Waals surface area (Å²) in [4.78, 5) is 30.1. The topological polar surface area (TPSA) is 61.9 Å². The molecule has 2 amide bonds. The fourth-order valence-corrected chi connectivity index (χ4v) is 4.72. The number of anilines is 1. The maximum Gasteiger partial charge on any atom is 0.251 e. The van der Waals surface area contributed by atoms with Crippen LogP contribution in [0.15, 0.2) is 42.5 Å². The van der Waals surface area contributed by atoms with E-state index in [1.807, 2.05) is 47.4 Å². The molecule has 0 aliphatic carbocycles. The molecule has 0 spiro atoms. The number of hydrogen-bond acceptors (Lipinski definition) is 4. The third kappa shape index (κ3) is 7.64. The van der Waals surface area contributed by atoms with Gasteiger partial charge in [-0.3, -0.25) is 14.5 Å². The first-order valence-corrected chi connectivity index (χ1v) is 12.9. The van der Waals surface area contributed by atoms with E-state index in [1.165, 1.54) is 19.3 Å². The Balaban J connectivity index is 1.87. The number of benzene rings is 2. The second-order valence-electron chi connectivity index (χ2n) is 9.73. The van der Waals surface area contributed by atoms with Crippen LogP contribution in [-0.2, 0) is 29.2 Å². The van der Waals surface area contributed by atoms with Crippen molar-refractivity contribution >= 4 is 17.5 Å². The highest BCUT2D eigenvalue weighted by atomic mass is 16.5. The molecule has 35 heavy (non-hydrogen) atoms. The van der Waals surface area contributed by atoms with Crippen molar-refractivity contribution in [2.24, 2.45) is 0 Å². The van der Waals surface area contributed by atoms with Crippen molar-refractivity contribution in [3.63, 3.8) is 0 Å². The number of methoxy groups -OCH3 is 1. The average Bonchev–Trinajstić information content (AvgIpc) is 2.83. The first kappa shape index (κ1) is 26.9. The Bertz CT molecular complexity index is 989. The van der Waals surface area contributed by atoms with Gasteiger partial charge in [0.15, 0.2) is 0 Å². The molecule has 2 aromatic rings. The molecule has 6 heteroatoms. The van der Waals surface area contributed by atoms with E-state index in [0.717, 1.165) is 41.8 Å². The Kier molecular flexibility index (Phi) is 10.3. The van der Waals surface area contributed by atoms with Gasteiger partial charge in [0.1, 0.15) is 0 Å². The van der Waals surface area contributed by atoms with Crippen LogP contribution in [0.3, 0.4) is 0 Å². The Labute approximate surface area is 210 Å². The van der Waals surface area contributed by atoms with E-state index >= 15 is 0 Å². The Morgan fingerprint density at radius 2 is 1.66 bits per heavy atom. The fourth-order valence-electron chi connectivity index (χ4n) is 4.72. The van der Waals surface area contributed by atoms with Crippen LogP contribution in [0.2, 0.25) is 0 Å². The average molecular weight is 480 g/mol. The summed E-state index contributed by atoms with van der Waals surface area (Å²) >= 11 is 0. The van der Waals surface area contributed by atoms with Gasteiger partial charge in [0.2, 0.25) is 5.91 Å². The summed E-state index contributed by atoms with van der Waals surface area (Å²) in [5.41, 5.74) is 4.68. The van der Waals surface area contributed by atoms with Crippen LogP contribution in [0.1, 0.15) is 79.9 Å². The van der Waals surface area contributed by atoms with Gasteiger partial charge >= 0.3 is 0 Å². The summed E-state index contributed by atoms with van der Waals surface area (Å²) in [5.74, 6) is -0.0667. The van der Waals surface area contributed by atoms with Gasteiger partial charge in [-0.05, 0) is 68.1 Å². The molecular weight excluding hydrogens is 438 g/mol. The minimum Gasteiger partial charge on any atom is -0.380 e. The van der Waals surface area contributed by atoms with Gasteiger partial charge in [0.25, 0.3) is 5.91 Å². The first-order chi connectivity index (χ1) is 16.9. The van der Waals surface area contributed by atoms with Crippen LogP contribution in [-0.4, -0.2) is 43.0 Å². The largest absolute Gasteiger partial charge is 0.380 e. The zero-order chi connectivity index (χ0) is 25.2. The van der Waals surface area contributed by atoms with Crippen LogP contribution >= 0.6 is 0 Å². The molecule has 6 nitrogen and oxygen atoms in total. The summed E-state index contributed by atoms with van der Waals surface area (Å²) in [5, 5.41) is 3.07. The van der Waals surface area contributed by atoms with Crippen molar-refractivity contribution in [2.75, 3.05) is 25.1 Å². The normalized spacial score (nSPS) is 15.7. The van der Waals surface area contributed by atoms with Gasteiger partial charge in [-0.25, -0.2) is 0 Å². The van der Waals surface area contributed by atoms with Gasteiger partial charge in [0, 0.05) is 51.0 Å². The molecule has 1 aliphatic heterocycles. The molecule has 2 aromatic carbocycles. The van der Waals surface area contributed by atoms with E-state index in [4.69, 9.17) is 4.74 Å². The van der Waals surface area contributed by atoms with Gasteiger partial charge in [-0.1, -0.05) is 43.5 Å². The van der Waals surface area contributed by atoms with E-state index in [-0.39, 0.29) is 11.8 Å². The van der Waals surface area contributed by atoms with E-state index in [1.54, 1.807) is 14.0 Å². The van der Waals surface area contributed by atoms with Crippen molar-refractivity contribution in [3.05, 3.63) is 64.7 Å². The predicted octanol–water partition coefficient (Wildman–Crippen LogP) is 5.29. The molecule has 0 aromatic heterocycles. The number of nitrogens with zero attached hydrogens (tertiary/aromatic N) is 2. The molecule has 1 heterocycles. The molecule has 0 saturated heterocycles. The second-order valence-corrected chi connectivity index (χ2v) is 9.73. The number of carbonyl (C=O) groups is 2. The highest BCUT2D eigenvalue weighted by molar-refractivity contribution is 5.97. The number of nitrogens with one attached hydrogen (secondary N) is 1. The zero-order valence-electron chi connectivity index (χ0n) is 21.8. The van der Waals surface area contributed by atoms with Gasteiger partial charge in [0.05, 0.1) is 6.61 Å². The molecule has 0 bridgehead atoms. The van der Waals surface area contributed by atoms with Crippen molar-refractivity contribution in [3.8, 4) is 0 Å². The molecule has 3 rings (SSSR count). The van der Waals surface area contributed by atoms with E-state index in [0.29, 0.717) is 37.8 Å². The summed E-state index contributed by atoms with van der Waals surface area (Å²) in [7, 11) is 1.67. The lowest BCUT2D eigenvalue weighted by atomic mass is 10.0. The van der Waals surface area contributed by atoms with Gasteiger partial charge < -0.3 is 15.0 Å². The smallest absolute Gasteiger partial charge is 0.251 e. The zero-order valence-corrected chi connectivity index (χ0v) is 21.8. The number of fused-ring (bicyclic) bond motifs is 1. The Morgan fingerprint density at radius 1 is 0.971 bits per heavy atom. The Morgan fingerprint density at radius 3 is 2.34 bits per heavy atom. The summed E-state index contributed by atoms with van der Waals surface area (Å²) in [6, 6.07) is 14.1. The highest BCUT2D eigenvalue weighted by Gasteiger charge is 2.21. The molecule has 0 fully saturated rings. The van der Waals surface area contributed by atoms with Gasteiger partial charge in [-0.15, -0.1) is 0 Å². The number of hydrogen-bond donors (Lipinski definition) is 1. The van der Waals surface area contributed by atoms with Crippen LogP contribution in [0.5, 0.6) is 0 Å². The fraction of sp³-hybridized carbons (Fsp3) is 0.517. The van der Waals surface area contributed by atoms with Crippen LogP contribution in [0.25, 0.3) is 0 Å². The standard InChI is InChI=1S/C29H41N3O3/c1-22(2)31-16-10-6-5-7-11-17-32(23(3)33)28-15-14-24(18-27(28)20-31)29(34)30-19-25-12-8-9-13-26(25)21-35-4/h8-9,12-15,18,22H,5-7,10-11,16-17,19-21H2,1-4H3,(H,30,34). The maximum absolute atomic E-state index is 13.1. The Hall–Kier alpha value is -2.70. The van der Waals surface area contributed by atoms with Crippen molar-refractivity contribution in [1.29, 1.82) is 0 Å². The second kappa shape index (κ2) is 13.4. The minimum absolute atomic E-state index is 0.0476. The van der Waals surface area contributed by atoms with E-state index < -0.39 is 0 Å². The van der Waals surface area contributed by atoms with Crippen LogP contribution in [0.4, 0.5) is 5.69 Å². The molecule has 0 unspecified atom stereocenters. The molecule has 190 valence electrons. The van der Waals surface area contributed by atoms with Crippen molar-refractivity contribution in [1.82, 2.24) is 10.2 Å². The monoisotopic (exact) mass is 479 g/mol. The molecule has 0 atom stereocenters. The minimum atomic E-state index is -0.114. The predicted molar refractivity (Wildman–Crippen MR) is 141 cm³/mol. The maximum atomic E-state index is 13.1. The molecule has 1 aliphatic rings. The quantitative estimate of drug-likeness (QED) is 0.612. The lowest BCUT2D eigenvalue weighted by Crippen LogP contribution is -2.35. The van der Waals surface area contributed by atoms with Crippen molar-refractivity contribution in [2.45, 2.75) is 78.6 Å². The molecule has 0 saturated carbocycles. The summed E-state index contributed by atoms with van der Waals surface area (Å²) < 4.78 is 5.29. The van der Waals surface area contributed by atoms with Crippen LogP contribution in [0, 0.1) is 0 Å². The number of rotatable bonds is 6.